The largest absolute Gasteiger partial charge is 0.480 e. The first-order chi connectivity index (χ1) is 7.97. The van der Waals surface area contributed by atoms with Crippen molar-refractivity contribution in [2.75, 3.05) is 13.1 Å². The maximum absolute atomic E-state index is 11.8. The molecule has 0 aromatic carbocycles. The summed E-state index contributed by atoms with van der Waals surface area (Å²) >= 11 is 0. The van der Waals surface area contributed by atoms with E-state index in [1.807, 2.05) is 20.8 Å². The van der Waals surface area contributed by atoms with Crippen molar-refractivity contribution in [3.05, 3.63) is 12.7 Å². The van der Waals surface area contributed by atoms with Crippen molar-refractivity contribution >= 4 is 12.0 Å². The van der Waals surface area contributed by atoms with E-state index in [4.69, 9.17) is 5.11 Å². The van der Waals surface area contributed by atoms with Gasteiger partial charge in [-0.1, -0.05) is 26.3 Å². The Morgan fingerprint density at radius 3 is 2.41 bits per heavy atom. The quantitative estimate of drug-likeness (QED) is 0.668. The van der Waals surface area contributed by atoms with Crippen molar-refractivity contribution in [3.63, 3.8) is 0 Å². The molecule has 1 unspecified atom stereocenters. The van der Waals surface area contributed by atoms with Crippen molar-refractivity contribution < 1.29 is 14.7 Å². The normalized spacial score (nSPS) is 13.6. The van der Waals surface area contributed by atoms with Gasteiger partial charge in [-0.3, -0.25) is 0 Å². The molecule has 17 heavy (non-hydrogen) atoms. The number of carbonyl (C=O) groups excluding carboxylic acids is 1. The van der Waals surface area contributed by atoms with Gasteiger partial charge in [0.2, 0.25) is 0 Å². The fraction of sp³-hybridized carbons (Fsp3) is 0.667. The fourth-order valence-corrected chi connectivity index (χ4v) is 1.42. The van der Waals surface area contributed by atoms with Gasteiger partial charge in [-0.15, -0.1) is 6.58 Å². The highest BCUT2D eigenvalue weighted by Crippen LogP contribution is 2.08. The van der Waals surface area contributed by atoms with Crippen LogP contribution in [0, 0.1) is 5.92 Å². The lowest BCUT2D eigenvalue weighted by Crippen LogP contribution is -2.50. The number of hydrogen-bond donors (Lipinski definition) is 2. The first-order valence-corrected chi connectivity index (χ1v) is 5.86. The lowest BCUT2D eigenvalue weighted by atomic mass is 9.99. The summed E-state index contributed by atoms with van der Waals surface area (Å²) in [4.78, 5) is 24.4. The van der Waals surface area contributed by atoms with Crippen LogP contribution in [0.1, 0.15) is 27.2 Å². The molecule has 0 bridgehead atoms. The van der Waals surface area contributed by atoms with Gasteiger partial charge < -0.3 is 15.3 Å². The second-order valence-corrected chi connectivity index (χ2v) is 3.98. The number of carboxylic acid groups (broad SMARTS) is 1. The number of amides is 2. The Morgan fingerprint density at radius 1 is 1.47 bits per heavy atom. The van der Waals surface area contributed by atoms with Crippen LogP contribution in [0.25, 0.3) is 0 Å². The van der Waals surface area contributed by atoms with Gasteiger partial charge in [0.25, 0.3) is 0 Å². The summed E-state index contributed by atoms with van der Waals surface area (Å²) < 4.78 is 0. The first-order valence-electron chi connectivity index (χ1n) is 5.86. The van der Waals surface area contributed by atoms with E-state index in [2.05, 4.69) is 11.9 Å². The van der Waals surface area contributed by atoms with Crippen molar-refractivity contribution in [2.45, 2.75) is 33.2 Å². The fourth-order valence-electron chi connectivity index (χ4n) is 1.42. The monoisotopic (exact) mass is 242 g/mol. The first kappa shape index (κ1) is 15.5. The summed E-state index contributed by atoms with van der Waals surface area (Å²) in [7, 11) is 0. The Morgan fingerprint density at radius 2 is 2.06 bits per heavy atom. The molecule has 0 spiro atoms. The zero-order valence-corrected chi connectivity index (χ0v) is 10.8. The number of nitrogens with one attached hydrogen (secondary N) is 1. The van der Waals surface area contributed by atoms with Crippen LogP contribution in [0.15, 0.2) is 12.7 Å². The highest BCUT2D eigenvalue weighted by atomic mass is 16.4. The highest BCUT2D eigenvalue weighted by molar-refractivity contribution is 5.82. The summed E-state index contributed by atoms with van der Waals surface area (Å²) in [6, 6.07) is -1.20. The van der Waals surface area contributed by atoms with Crippen molar-refractivity contribution in [1.29, 1.82) is 0 Å². The lowest BCUT2D eigenvalue weighted by Gasteiger charge is -2.25. The minimum Gasteiger partial charge on any atom is -0.480 e. The molecule has 5 nitrogen and oxygen atoms in total. The molecule has 0 fully saturated rings. The number of aliphatic carboxylic acids is 1. The molecule has 0 saturated heterocycles. The van der Waals surface area contributed by atoms with Crippen LogP contribution in [0.2, 0.25) is 0 Å². The molecule has 0 aromatic rings. The Kier molecular flexibility index (Phi) is 7.02. The summed E-state index contributed by atoms with van der Waals surface area (Å²) in [5.74, 6) is -1.10. The number of carboxylic acids is 1. The van der Waals surface area contributed by atoms with Crippen LogP contribution >= 0.6 is 0 Å². The van der Waals surface area contributed by atoms with E-state index in [1.54, 1.807) is 6.08 Å². The molecule has 98 valence electrons. The minimum absolute atomic E-state index is 0.0983. The van der Waals surface area contributed by atoms with E-state index in [9.17, 15) is 9.59 Å². The molecule has 2 N–H and O–H groups in total. The molecule has 0 aromatic heterocycles. The number of nitrogens with zero attached hydrogens (tertiary/aromatic N) is 1. The molecular formula is C12H22N2O3. The van der Waals surface area contributed by atoms with Gasteiger partial charge >= 0.3 is 12.0 Å². The third-order valence-corrected chi connectivity index (χ3v) is 2.78. The van der Waals surface area contributed by atoms with Crippen molar-refractivity contribution in [1.82, 2.24) is 10.2 Å². The molecular weight excluding hydrogens is 220 g/mol. The lowest BCUT2D eigenvalue weighted by molar-refractivity contribution is -0.140. The number of rotatable bonds is 7. The van der Waals surface area contributed by atoms with Crippen LogP contribution in [-0.2, 0) is 4.79 Å². The average Bonchev–Trinajstić information content (AvgIpc) is 2.31. The number of carbonyl (C=O) groups is 2. The molecule has 0 aliphatic heterocycles. The Balaban J connectivity index is 4.58. The molecule has 0 aliphatic rings. The number of urea groups is 1. The summed E-state index contributed by atoms with van der Waals surface area (Å²) in [5.41, 5.74) is 0. The molecule has 2 atom stereocenters. The minimum atomic E-state index is -0.998. The van der Waals surface area contributed by atoms with Gasteiger partial charge in [-0.25, -0.2) is 9.59 Å². The van der Waals surface area contributed by atoms with Gasteiger partial charge in [-0.2, -0.15) is 0 Å². The Hall–Kier alpha value is -1.52. The second kappa shape index (κ2) is 7.70. The highest BCUT2D eigenvalue weighted by Gasteiger charge is 2.26. The van der Waals surface area contributed by atoms with Gasteiger partial charge in [0, 0.05) is 13.1 Å². The van der Waals surface area contributed by atoms with Crippen LogP contribution in [0.5, 0.6) is 0 Å². The van der Waals surface area contributed by atoms with Crippen LogP contribution in [-0.4, -0.2) is 41.1 Å². The zero-order valence-electron chi connectivity index (χ0n) is 10.8. The molecule has 0 aliphatic carbocycles. The second-order valence-electron chi connectivity index (χ2n) is 3.98. The third kappa shape index (κ3) is 4.89. The van der Waals surface area contributed by atoms with E-state index in [1.165, 1.54) is 4.90 Å². The Labute approximate surface area is 102 Å². The van der Waals surface area contributed by atoms with E-state index < -0.39 is 12.0 Å². The van der Waals surface area contributed by atoms with E-state index in [-0.39, 0.29) is 11.9 Å². The summed E-state index contributed by atoms with van der Waals surface area (Å²) in [6.45, 7) is 10.0. The number of hydrogen-bond acceptors (Lipinski definition) is 2. The van der Waals surface area contributed by atoms with Crippen LogP contribution in [0.3, 0.4) is 0 Å². The SMILES string of the molecule is C=CCN(CC)C(=O)N[C@H](C(=O)O)C(C)CC. The smallest absolute Gasteiger partial charge is 0.326 e. The molecule has 5 heteroatoms. The average molecular weight is 242 g/mol. The summed E-state index contributed by atoms with van der Waals surface area (Å²) in [6.07, 6.45) is 2.31. The predicted molar refractivity (Wildman–Crippen MR) is 66.9 cm³/mol. The van der Waals surface area contributed by atoms with Gasteiger partial charge in [0.15, 0.2) is 0 Å². The maximum Gasteiger partial charge on any atom is 0.326 e. The van der Waals surface area contributed by atoms with E-state index >= 15 is 0 Å². The molecule has 0 rings (SSSR count). The topological polar surface area (TPSA) is 69.6 Å². The van der Waals surface area contributed by atoms with Crippen molar-refractivity contribution in [3.8, 4) is 0 Å². The number of likely N-dealkylation sites (N-methyl/N-ethyl adjacent to an activating group) is 1. The Bertz CT molecular complexity index is 279. The van der Waals surface area contributed by atoms with Gasteiger partial charge in [-0.05, 0) is 12.8 Å². The molecule has 2 amide bonds. The van der Waals surface area contributed by atoms with Gasteiger partial charge in [0.1, 0.15) is 6.04 Å². The standard InChI is InChI=1S/C12H22N2O3/c1-5-8-14(7-3)12(17)13-10(11(15)16)9(4)6-2/h5,9-10H,1,6-8H2,2-4H3,(H,13,17)(H,15,16)/t9?,10-/m0/s1. The molecule has 0 heterocycles. The van der Waals surface area contributed by atoms with E-state index in [0.717, 1.165) is 0 Å². The molecule has 0 radical (unpaired) electrons. The van der Waals surface area contributed by atoms with Crippen molar-refractivity contribution in [2.24, 2.45) is 5.92 Å². The molecule has 0 saturated carbocycles. The maximum atomic E-state index is 11.8. The third-order valence-electron chi connectivity index (χ3n) is 2.78. The summed E-state index contributed by atoms with van der Waals surface area (Å²) in [5, 5.41) is 11.6. The van der Waals surface area contributed by atoms with Crippen LogP contribution < -0.4 is 5.32 Å². The van der Waals surface area contributed by atoms with Crippen LogP contribution in [0.4, 0.5) is 4.79 Å². The predicted octanol–water partition coefficient (Wildman–Crippen LogP) is 1.70. The van der Waals surface area contributed by atoms with Gasteiger partial charge in [0.05, 0.1) is 0 Å². The zero-order chi connectivity index (χ0) is 13.4. The van der Waals surface area contributed by atoms with E-state index in [0.29, 0.717) is 19.5 Å².